The van der Waals surface area contributed by atoms with Crippen LogP contribution >= 0.6 is 0 Å². The minimum atomic E-state index is 0.283. The highest BCUT2D eigenvalue weighted by Crippen LogP contribution is 2.31. The lowest BCUT2D eigenvalue weighted by Gasteiger charge is -2.34. The number of ether oxygens (including phenoxy) is 1. The van der Waals surface area contributed by atoms with E-state index in [2.05, 4.69) is 18.7 Å². The lowest BCUT2D eigenvalue weighted by molar-refractivity contribution is 0.105. The van der Waals surface area contributed by atoms with Gasteiger partial charge in [-0.05, 0) is 31.2 Å². The quantitative estimate of drug-likeness (QED) is 0.654. The highest BCUT2D eigenvalue weighted by atomic mass is 16.5. The molecular weight excluding hydrogens is 200 g/mol. The van der Waals surface area contributed by atoms with Crippen LogP contribution in [-0.2, 0) is 4.74 Å². The van der Waals surface area contributed by atoms with E-state index in [9.17, 15) is 0 Å². The summed E-state index contributed by atoms with van der Waals surface area (Å²) in [6.45, 7) is 8.37. The summed E-state index contributed by atoms with van der Waals surface area (Å²) in [5.74, 6) is 0. The Labute approximate surface area is 100 Å². The summed E-state index contributed by atoms with van der Waals surface area (Å²) in [4.78, 5) is 2.58. The van der Waals surface area contributed by atoms with Gasteiger partial charge >= 0.3 is 0 Å². The van der Waals surface area contributed by atoms with Gasteiger partial charge in [0, 0.05) is 26.2 Å². The fourth-order valence-corrected chi connectivity index (χ4v) is 2.38. The predicted octanol–water partition coefficient (Wildman–Crippen LogP) is 1.86. The average Bonchev–Trinajstić information content (AvgIpc) is 3.08. The van der Waals surface area contributed by atoms with E-state index < -0.39 is 0 Å². The van der Waals surface area contributed by atoms with Gasteiger partial charge < -0.3 is 10.5 Å². The van der Waals surface area contributed by atoms with E-state index in [0.717, 1.165) is 32.3 Å². The van der Waals surface area contributed by atoms with E-state index in [1.807, 2.05) is 0 Å². The van der Waals surface area contributed by atoms with Gasteiger partial charge in [0.2, 0.25) is 0 Å². The minimum absolute atomic E-state index is 0.283. The summed E-state index contributed by atoms with van der Waals surface area (Å²) in [6.07, 6.45) is 5.16. The molecule has 0 saturated heterocycles. The van der Waals surface area contributed by atoms with Gasteiger partial charge in [0.1, 0.15) is 0 Å². The molecule has 0 heterocycles. The second kappa shape index (κ2) is 6.58. The Morgan fingerprint density at radius 3 is 2.56 bits per heavy atom. The SMILES string of the molecule is CCCC(C)(CN)CN(CCOC)C1CC1. The van der Waals surface area contributed by atoms with Crippen LogP contribution in [-0.4, -0.2) is 44.3 Å². The molecule has 1 unspecified atom stereocenters. The number of hydrogen-bond acceptors (Lipinski definition) is 3. The normalized spacial score (nSPS) is 20.1. The van der Waals surface area contributed by atoms with Gasteiger partial charge in [0.15, 0.2) is 0 Å². The number of methoxy groups -OCH3 is 1. The van der Waals surface area contributed by atoms with Crippen molar-refractivity contribution in [3.8, 4) is 0 Å². The van der Waals surface area contributed by atoms with E-state index in [4.69, 9.17) is 10.5 Å². The summed E-state index contributed by atoms with van der Waals surface area (Å²) in [7, 11) is 1.78. The van der Waals surface area contributed by atoms with E-state index in [0.29, 0.717) is 0 Å². The molecule has 0 amide bonds. The Hall–Kier alpha value is -0.120. The van der Waals surface area contributed by atoms with Gasteiger partial charge in [-0.3, -0.25) is 4.90 Å². The zero-order valence-electron chi connectivity index (χ0n) is 11.2. The summed E-state index contributed by atoms with van der Waals surface area (Å²) in [5.41, 5.74) is 6.22. The smallest absolute Gasteiger partial charge is 0.0589 e. The summed E-state index contributed by atoms with van der Waals surface area (Å²) >= 11 is 0. The maximum atomic E-state index is 5.93. The fourth-order valence-electron chi connectivity index (χ4n) is 2.38. The lowest BCUT2D eigenvalue weighted by atomic mass is 9.85. The molecule has 3 nitrogen and oxygen atoms in total. The molecule has 0 bridgehead atoms. The van der Waals surface area contributed by atoms with Gasteiger partial charge in [0.25, 0.3) is 0 Å². The van der Waals surface area contributed by atoms with Crippen LogP contribution < -0.4 is 5.73 Å². The fraction of sp³-hybridized carbons (Fsp3) is 1.00. The Kier molecular flexibility index (Phi) is 5.73. The van der Waals surface area contributed by atoms with Crippen LogP contribution in [0.1, 0.15) is 39.5 Å². The van der Waals surface area contributed by atoms with Crippen molar-refractivity contribution in [2.45, 2.75) is 45.6 Å². The van der Waals surface area contributed by atoms with Gasteiger partial charge in [-0.1, -0.05) is 20.3 Å². The first kappa shape index (κ1) is 13.9. The van der Waals surface area contributed by atoms with Crippen molar-refractivity contribution >= 4 is 0 Å². The highest BCUT2D eigenvalue weighted by molar-refractivity contribution is 4.89. The molecule has 0 spiro atoms. The Morgan fingerprint density at radius 2 is 2.12 bits per heavy atom. The molecule has 16 heavy (non-hydrogen) atoms. The number of rotatable bonds is 9. The first-order valence-corrected chi connectivity index (χ1v) is 6.58. The molecule has 96 valence electrons. The first-order chi connectivity index (χ1) is 7.65. The summed E-state index contributed by atoms with van der Waals surface area (Å²) in [5, 5.41) is 0. The topological polar surface area (TPSA) is 38.5 Å². The predicted molar refractivity (Wildman–Crippen MR) is 68.5 cm³/mol. The third-order valence-electron chi connectivity index (χ3n) is 3.58. The lowest BCUT2D eigenvalue weighted by Crippen LogP contribution is -2.43. The monoisotopic (exact) mass is 228 g/mol. The number of nitrogens with zero attached hydrogens (tertiary/aromatic N) is 1. The molecule has 1 aliphatic rings. The standard InChI is InChI=1S/C13H28N2O/c1-4-7-13(2,10-14)11-15(8-9-16-3)12-5-6-12/h12H,4-11,14H2,1-3H3. The number of nitrogens with two attached hydrogens (primary N) is 1. The van der Waals surface area contributed by atoms with Crippen molar-refractivity contribution in [3.63, 3.8) is 0 Å². The van der Waals surface area contributed by atoms with Crippen molar-refractivity contribution in [2.24, 2.45) is 11.1 Å². The molecule has 3 heteroatoms. The molecule has 1 aliphatic carbocycles. The third kappa shape index (κ3) is 4.40. The van der Waals surface area contributed by atoms with Crippen molar-refractivity contribution in [2.75, 3.05) is 33.4 Å². The summed E-state index contributed by atoms with van der Waals surface area (Å²) < 4.78 is 5.19. The average molecular weight is 228 g/mol. The molecule has 0 aromatic carbocycles. The highest BCUT2D eigenvalue weighted by Gasteiger charge is 2.33. The van der Waals surface area contributed by atoms with Crippen molar-refractivity contribution in [3.05, 3.63) is 0 Å². The van der Waals surface area contributed by atoms with Crippen LogP contribution in [0, 0.1) is 5.41 Å². The van der Waals surface area contributed by atoms with Crippen LogP contribution in [0.2, 0.25) is 0 Å². The van der Waals surface area contributed by atoms with Crippen LogP contribution in [0.15, 0.2) is 0 Å². The van der Waals surface area contributed by atoms with E-state index in [-0.39, 0.29) is 5.41 Å². The molecule has 0 aromatic rings. The van der Waals surface area contributed by atoms with Gasteiger partial charge in [-0.25, -0.2) is 0 Å². The van der Waals surface area contributed by atoms with Crippen molar-refractivity contribution < 1.29 is 4.74 Å². The Bertz CT molecular complexity index is 194. The van der Waals surface area contributed by atoms with Crippen molar-refractivity contribution in [1.29, 1.82) is 0 Å². The maximum absolute atomic E-state index is 5.93. The molecular formula is C13H28N2O. The van der Waals surface area contributed by atoms with E-state index >= 15 is 0 Å². The largest absolute Gasteiger partial charge is 0.383 e. The molecule has 1 saturated carbocycles. The van der Waals surface area contributed by atoms with E-state index in [1.54, 1.807) is 7.11 Å². The first-order valence-electron chi connectivity index (χ1n) is 6.58. The summed E-state index contributed by atoms with van der Waals surface area (Å²) in [6, 6.07) is 0.804. The zero-order valence-corrected chi connectivity index (χ0v) is 11.2. The Balaban J connectivity index is 2.44. The zero-order chi connectivity index (χ0) is 12.0. The second-order valence-corrected chi connectivity index (χ2v) is 5.46. The van der Waals surface area contributed by atoms with Gasteiger partial charge in [-0.2, -0.15) is 0 Å². The molecule has 1 fully saturated rings. The van der Waals surface area contributed by atoms with Gasteiger partial charge in [0.05, 0.1) is 6.61 Å². The molecule has 0 radical (unpaired) electrons. The third-order valence-corrected chi connectivity index (χ3v) is 3.58. The molecule has 0 aliphatic heterocycles. The molecule has 1 rings (SSSR count). The molecule has 2 N–H and O–H groups in total. The van der Waals surface area contributed by atoms with Crippen LogP contribution in [0.3, 0.4) is 0 Å². The van der Waals surface area contributed by atoms with Crippen LogP contribution in [0.5, 0.6) is 0 Å². The maximum Gasteiger partial charge on any atom is 0.0589 e. The molecule has 1 atom stereocenters. The van der Waals surface area contributed by atoms with Crippen LogP contribution in [0.4, 0.5) is 0 Å². The van der Waals surface area contributed by atoms with Gasteiger partial charge in [-0.15, -0.1) is 0 Å². The van der Waals surface area contributed by atoms with Crippen LogP contribution in [0.25, 0.3) is 0 Å². The molecule has 0 aromatic heterocycles. The van der Waals surface area contributed by atoms with E-state index in [1.165, 1.54) is 25.7 Å². The number of hydrogen-bond donors (Lipinski definition) is 1. The Morgan fingerprint density at radius 1 is 1.44 bits per heavy atom. The second-order valence-electron chi connectivity index (χ2n) is 5.46. The van der Waals surface area contributed by atoms with Crippen molar-refractivity contribution in [1.82, 2.24) is 4.90 Å². The minimum Gasteiger partial charge on any atom is -0.383 e.